The molecule has 2 atom stereocenters. The molecule has 1 aliphatic heterocycles. The Bertz CT molecular complexity index is 326. The number of piperidine rings is 1. The Kier molecular flexibility index (Phi) is 5.83. The van der Waals surface area contributed by atoms with Crippen molar-refractivity contribution in [1.82, 2.24) is 10.2 Å². The standard InChI is InChI=1S/C15H28N2O2/c1-6-12-7-13(16-14(18)10(2)3)9-17(8-12)15(19)11(4)5/h10-13H,6-9H2,1-5H3,(H,16,18). The number of amides is 2. The van der Waals surface area contributed by atoms with Crippen LogP contribution in [0, 0.1) is 17.8 Å². The number of nitrogens with one attached hydrogen (secondary N) is 1. The summed E-state index contributed by atoms with van der Waals surface area (Å²) < 4.78 is 0. The molecule has 2 unspecified atom stereocenters. The van der Waals surface area contributed by atoms with Gasteiger partial charge in [0.1, 0.15) is 0 Å². The van der Waals surface area contributed by atoms with E-state index in [0.717, 1.165) is 19.4 Å². The molecule has 110 valence electrons. The summed E-state index contributed by atoms with van der Waals surface area (Å²) in [5.41, 5.74) is 0. The van der Waals surface area contributed by atoms with Crippen LogP contribution in [0.15, 0.2) is 0 Å². The van der Waals surface area contributed by atoms with Crippen LogP contribution in [0.25, 0.3) is 0 Å². The van der Waals surface area contributed by atoms with Gasteiger partial charge in [-0.2, -0.15) is 0 Å². The highest BCUT2D eigenvalue weighted by Gasteiger charge is 2.31. The Morgan fingerprint density at radius 3 is 2.26 bits per heavy atom. The third kappa shape index (κ3) is 4.51. The SMILES string of the molecule is CCC1CC(NC(=O)C(C)C)CN(C(=O)C(C)C)C1. The molecule has 1 rings (SSSR count). The summed E-state index contributed by atoms with van der Waals surface area (Å²) in [7, 11) is 0. The van der Waals surface area contributed by atoms with Crippen molar-refractivity contribution < 1.29 is 9.59 Å². The van der Waals surface area contributed by atoms with Gasteiger partial charge in [-0.1, -0.05) is 41.0 Å². The monoisotopic (exact) mass is 268 g/mol. The second-order valence-electron chi connectivity index (χ2n) is 6.27. The van der Waals surface area contributed by atoms with Crippen molar-refractivity contribution in [3.63, 3.8) is 0 Å². The van der Waals surface area contributed by atoms with E-state index in [4.69, 9.17) is 0 Å². The quantitative estimate of drug-likeness (QED) is 0.848. The maximum atomic E-state index is 12.1. The predicted molar refractivity (Wildman–Crippen MR) is 76.6 cm³/mol. The molecule has 1 fully saturated rings. The Morgan fingerprint density at radius 1 is 1.16 bits per heavy atom. The number of likely N-dealkylation sites (tertiary alicyclic amines) is 1. The molecule has 0 radical (unpaired) electrons. The van der Waals surface area contributed by atoms with Crippen LogP contribution in [-0.4, -0.2) is 35.8 Å². The van der Waals surface area contributed by atoms with Crippen LogP contribution in [0.1, 0.15) is 47.5 Å². The lowest BCUT2D eigenvalue weighted by Gasteiger charge is -2.39. The third-order valence-electron chi connectivity index (χ3n) is 3.79. The van der Waals surface area contributed by atoms with E-state index in [1.807, 2.05) is 32.6 Å². The molecule has 0 saturated carbocycles. The molecule has 1 N–H and O–H groups in total. The summed E-state index contributed by atoms with van der Waals surface area (Å²) in [6, 6.07) is 0.108. The van der Waals surface area contributed by atoms with Gasteiger partial charge in [0.05, 0.1) is 0 Å². The van der Waals surface area contributed by atoms with E-state index in [-0.39, 0.29) is 29.7 Å². The molecule has 4 nitrogen and oxygen atoms in total. The second kappa shape index (κ2) is 6.92. The zero-order chi connectivity index (χ0) is 14.6. The van der Waals surface area contributed by atoms with Gasteiger partial charge in [0.25, 0.3) is 0 Å². The number of nitrogens with zero attached hydrogens (tertiary/aromatic N) is 1. The molecular formula is C15H28N2O2. The smallest absolute Gasteiger partial charge is 0.225 e. The largest absolute Gasteiger partial charge is 0.351 e. The maximum Gasteiger partial charge on any atom is 0.225 e. The Hall–Kier alpha value is -1.06. The molecule has 1 saturated heterocycles. The first kappa shape index (κ1) is 16.0. The van der Waals surface area contributed by atoms with Crippen molar-refractivity contribution >= 4 is 11.8 Å². The summed E-state index contributed by atoms with van der Waals surface area (Å²) in [5.74, 6) is 0.794. The molecule has 0 spiro atoms. The van der Waals surface area contributed by atoms with Crippen LogP contribution >= 0.6 is 0 Å². The van der Waals surface area contributed by atoms with Gasteiger partial charge in [0.15, 0.2) is 0 Å². The Labute approximate surface area is 116 Å². The zero-order valence-corrected chi connectivity index (χ0v) is 12.9. The lowest BCUT2D eigenvalue weighted by Crippen LogP contribution is -2.53. The molecule has 2 amide bonds. The first-order valence-corrected chi connectivity index (χ1v) is 7.44. The van der Waals surface area contributed by atoms with Gasteiger partial charge in [0.2, 0.25) is 11.8 Å². The molecule has 0 aromatic rings. The Morgan fingerprint density at radius 2 is 1.79 bits per heavy atom. The van der Waals surface area contributed by atoms with E-state index >= 15 is 0 Å². The fraction of sp³-hybridized carbons (Fsp3) is 0.867. The van der Waals surface area contributed by atoms with Crippen LogP contribution in [-0.2, 0) is 9.59 Å². The van der Waals surface area contributed by atoms with Gasteiger partial charge in [0, 0.05) is 31.0 Å². The van der Waals surface area contributed by atoms with E-state index in [1.54, 1.807) is 0 Å². The molecule has 1 aliphatic rings. The number of carbonyl (C=O) groups is 2. The fourth-order valence-electron chi connectivity index (χ4n) is 2.52. The normalized spacial score (nSPS) is 23.8. The molecule has 0 aliphatic carbocycles. The number of rotatable bonds is 4. The van der Waals surface area contributed by atoms with Crippen LogP contribution in [0.5, 0.6) is 0 Å². The highest BCUT2D eigenvalue weighted by molar-refractivity contribution is 5.79. The van der Waals surface area contributed by atoms with Gasteiger partial charge in [-0.15, -0.1) is 0 Å². The van der Waals surface area contributed by atoms with Gasteiger partial charge in [-0.3, -0.25) is 9.59 Å². The molecule has 0 aromatic heterocycles. The van der Waals surface area contributed by atoms with E-state index < -0.39 is 0 Å². The van der Waals surface area contributed by atoms with Crippen LogP contribution in [0.3, 0.4) is 0 Å². The summed E-state index contributed by atoms with van der Waals surface area (Å²) in [4.78, 5) is 25.9. The highest BCUT2D eigenvalue weighted by Crippen LogP contribution is 2.21. The Balaban J connectivity index is 2.67. The molecule has 0 bridgehead atoms. The summed E-state index contributed by atoms with van der Waals surface area (Å²) in [6.45, 7) is 11.3. The average Bonchev–Trinajstić information content (AvgIpc) is 2.36. The zero-order valence-electron chi connectivity index (χ0n) is 12.9. The van der Waals surface area contributed by atoms with Crippen LogP contribution in [0.4, 0.5) is 0 Å². The summed E-state index contributed by atoms with van der Waals surface area (Å²) in [6.07, 6.45) is 2.03. The van der Waals surface area contributed by atoms with Crippen molar-refractivity contribution in [3.05, 3.63) is 0 Å². The number of hydrogen-bond donors (Lipinski definition) is 1. The molecule has 0 aromatic carbocycles. The van der Waals surface area contributed by atoms with Gasteiger partial charge >= 0.3 is 0 Å². The van der Waals surface area contributed by atoms with Gasteiger partial charge in [-0.05, 0) is 12.3 Å². The minimum atomic E-state index is -0.00347. The van der Waals surface area contributed by atoms with Crippen molar-refractivity contribution in [2.75, 3.05) is 13.1 Å². The second-order valence-corrected chi connectivity index (χ2v) is 6.27. The summed E-state index contributed by atoms with van der Waals surface area (Å²) >= 11 is 0. The highest BCUT2D eigenvalue weighted by atomic mass is 16.2. The number of hydrogen-bond acceptors (Lipinski definition) is 2. The van der Waals surface area contributed by atoms with Crippen molar-refractivity contribution in [2.24, 2.45) is 17.8 Å². The molecule has 1 heterocycles. The molecule has 19 heavy (non-hydrogen) atoms. The summed E-state index contributed by atoms with van der Waals surface area (Å²) in [5, 5.41) is 3.07. The average molecular weight is 268 g/mol. The molecular weight excluding hydrogens is 240 g/mol. The first-order chi connectivity index (χ1) is 8.85. The molecule has 4 heteroatoms. The topological polar surface area (TPSA) is 49.4 Å². The van der Waals surface area contributed by atoms with Crippen molar-refractivity contribution in [2.45, 2.75) is 53.5 Å². The number of carbonyl (C=O) groups excluding carboxylic acids is 2. The minimum Gasteiger partial charge on any atom is -0.351 e. The minimum absolute atomic E-state index is 0.00347. The van der Waals surface area contributed by atoms with E-state index in [0.29, 0.717) is 12.5 Å². The first-order valence-electron chi connectivity index (χ1n) is 7.44. The van der Waals surface area contributed by atoms with Crippen molar-refractivity contribution in [1.29, 1.82) is 0 Å². The van der Waals surface area contributed by atoms with E-state index in [1.165, 1.54) is 0 Å². The van der Waals surface area contributed by atoms with Crippen molar-refractivity contribution in [3.8, 4) is 0 Å². The predicted octanol–water partition coefficient (Wildman–Crippen LogP) is 2.04. The lowest BCUT2D eigenvalue weighted by molar-refractivity contribution is -0.138. The van der Waals surface area contributed by atoms with Gasteiger partial charge < -0.3 is 10.2 Å². The fourth-order valence-corrected chi connectivity index (χ4v) is 2.52. The van der Waals surface area contributed by atoms with Crippen LogP contribution < -0.4 is 5.32 Å². The van der Waals surface area contributed by atoms with E-state index in [9.17, 15) is 9.59 Å². The van der Waals surface area contributed by atoms with E-state index in [2.05, 4.69) is 12.2 Å². The lowest BCUT2D eigenvalue weighted by atomic mass is 9.91. The third-order valence-corrected chi connectivity index (χ3v) is 3.79. The van der Waals surface area contributed by atoms with Crippen LogP contribution in [0.2, 0.25) is 0 Å². The van der Waals surface area contributed by atoms with Gasteiger partial charge in [-0.25, -0.2) is 0 Å². The maximum absolute atomic E-state index is 12.1.